The largest absolute Gasteiger partial charge is 0.481 e. The second kappa shape index (κ2) is 6.27. The maximum Gasteiger partial charge on any atom is 0.306 e. The number of hydrogen-bond acceptors (Lipinski definition) is 5. The zero-order valence-corrected chi connectivity index (χ0v) is 11.0. The molecule has 9 heteroatoms. The first-order valence-electron chi connectivity index (χ1n) is 5.78. The Morgan fingerprint density at radius 1 is 1.43 bits per heavy atom. The molecule has 1 amide bonds. The van der Waals surface area contributed by atoms with E-state index in [1.54, 1.807) is 0 Å². The minimum absolute atomic E-state index is 0.298. The second-order valence-corrected chi connectivity index (χ2v) is 4.71. The number of halogens is 1. The summed E-state index contributed by atoms with van der Waals surface area (Å²) < 4.78 is 13.2. The molecule has 8 nitrogen and oxygen atoms in total. The van der Waals surface area contributed by atoms with Crippen molar-refractivity contribution in [3.05, 3.63) is 39.7 Å². The van der Waals surface area contributed by atoms with Crippen LogP contribution in [0.25, 0.3) is 0 Å². The summed E-state index contributed by atoms with van der Waals surface area (Å²) >= 11 is 0. The van der Waals surface area contributed by atoms with E-state index in [2.05, 4.69) is 5.32 Å². The van der Waals surface area contributed by atoms with E-state index in [9.17, 15) is 29.2 Å². The second-order valence-electron chi connectivity index (χ2n) is 4.71. The molecule has 0 aromatic heterocycles. The summed E-state index contributed by atoms with van der Waals surface area (Å²) in [5.74, 6) is -3.06. The first-order chi connectivity index (χ1) is 9.60. The Bertz CT molecular complexity index is 587. The third-order valence-electron chi connectivity index (χ3n) is 2.52. The first kappa shape index (κ1) is 16.5. The van der Waals surface area contributed by atoms with Gasteiger partial charge in [-0.1, -0.05) is 0 Å². The van der Waals surface area contributed by atoms with Crippen LogP contribution < -0.4 is 5.32 Å². The maximum atomic E-state index is 13.2. The number of hydrogen-bond donors (Lipinski definition) is 3. The lowest BCUT2D eigenvalue weighted by Gasteiger charge is -2.21. The molecule has 1 aromatic carbocycles. The van der Waals surface area contributed by atoms with Crippen molar-refractivity contribution in [1.82, 2.24) is 5.32 Å². The number of carbonyl (C=O) groups excluding carboxylic acids is 1. The third kappa shape index (κ3) is 5.15. The smallest absolute Gasteiger partial charge is 0.306 e. The molecule has 114 valence electrons. The number of carboxylic acid groups (broad SMARTS) is 1. The molecule has 0 heterocycles. The summed E-state index contributed by atoms with van der Waals surface area (Å²) in [5.41, 5.74) is -2.58. The van der Waals surface area contributed by atoms with Crippen LogP contribution in [0.4, 0.5) is 10.1 Å². The van der Waals surface area contributed by atoms with Crippen LogP contribution in [-0.4, -0.2) is 39.2 Å². The predicted molar refractivity (Wildman–Crippen MR) is 68.3 cm³/mol. The number of aliphatic hydroxyl groups is 1. The zero-order chi connectivity index (χ0) is 16.2. The van der Waals surface area contributed by atoms with Gasteiger partial charge in [-0.2, -0.15) is 0 Å². The van der Waals surface area contributed by atoms with Gasteiger partial charge in [0.1, 0.15) is 5.82 Å². The zero-order valence-electron chi connectivity index (χ0n) is 11.0. The molecule has 0 bridgehead atoms. The van der Waals surface area contributed by atoms with Gasteiger partial charge in [-0.05, 0) is 13.0 Å². The summed E-state index contributed by atoms with van der Waals surface area (Å²) in [6.07, 6.45) is -0.601. The van der Waals surface area contributed by atoms with Gasteiger partial charge in [-0.3, -0.25) is 19.7 Å². The molecule has 0 spiro atoms. The molecule has 21 heavy (non-hydrogen) atoms. The summed E-state index contributed by atoms with van der Waals surface area (Å²) in [7, 11) is 0. The molecular weight excluding hydrogens is 287 g/mol. The van der Waals surface area contributed by atoms with Crippen LogP contribution in [0.5, 0.6) is 0 Å². The summed E-state index contributed by atoms with van der Waals surface area (Å²) in [6.45, 7) is 0.803. The molecule has 0 saturated carbocycles. The molecule has 0 aliphatic carbocycles. The van der Waals surface area contributed by atoms with Crippen LogP contribution >= 0.6 is 0 Å². The van der Waals surface area contributed by atoms with Gasteiger partial charge >= 0.3 is 5.97 Å². The van der Waals surface area contributed by atoms with Gasteiger partial charge in [0.25, 0.3) is 11.6 Å². The number of non-ortho nitro benzene ring substituents is 1. The van der Waals surface area contributed by atoms with Crippen LogP contribution in [0.1, 0.15) is 23.7 Å². The van der Waals surface area contributed by atoms with Crippen molar-refractivity contribution >= 4 is 17.6 Å². The Morgan fingerprint density at radius 2 is 2.05 bits per heavy atom. The van der Waals surface area contributed by atoms with Gasteiger partial charge in [0.15, 0.2) is 0 Å². The number of nitro groups is 1. The van der Waals surface area contributed by atoms with E-state index in [4.69, 9.17) is 5.11 Å². The highest BCUT2D eigenvalue weighted by molar-refractivity contribution is 5.94. The fourth-order valence-electron chi connectivity index (χ4n) is 1.57. The highest BCUT2D eigenvalue weighted by atomic mass is 19.1. The number of aliphatic carboxylic acids is 1. The van der Waals surface area contributed by atoms with E-state index < -0.39 is 46.9 Å². The predicted octanol–water partition coefficient (Wildman–Crippen LogP) is 0.689. The van der Waals surface area contributed by atoms with E-state index in [-0.39, 0.29) is 5.56 Å². The van der Waals surface area contributed by atoms with Crippen LogP contribution in [0.15, 0.2) is 18.2 Å². The van der Waals surface area contributed by atoms with Gasteiger partial charge in [0.05, 0.1) is 23.0 Å². The standard InChI is InChI=1S/C12H13FN2O6/c1-12(19,5-10(16)17)6-14-11(18)7-2-8(13)4-9(3-7)15(20)21/h2-4,19H,5-6H2,1H3,(H,14,18)(H,16,17). The number of rotatable bonds is 6. The first-order valence-corrected chi connectivity index (χ1v) is 5.78. The molecule has 0 aliphatic heterocycles. The monoisotopic (exact) mass is 300 g/mol. The molecule has 1 atom stereocenters. The number of nitrogens with zero attached hydrogens (tertiary/aromatic N) is 1. The van der Waals surface area contributed by atoms with E-state index in [1.807, 2.05) is 0 Å². The van der Waals surface area contributed by atoms with Crippen molar-refractivity contribution in [2.24, 2.45) is 0 Å². The Balaban J connectivity index is 2.81. The SMILES string of the molecule is CC(O)(CNC(=O)c1cc(F)cc([N+](=O)[O-])c1)CC(=O)O. The van der Waals surface area contributed by atoms with E-state index in [1.165, 1.54) is 6.92 Å². The van der Waals surface area contributed by atoms with Crippen molar-refractivity contribution in [2.45, 2.75) is 18.9 Å². The number of carbonyl (C=O) groups is 2. The Morgan fingerprint density at radius 3 is 2.57 bits per heavy atom. The average molecular weight is 300 g/mol. The van der Waals surface area contributed by atoms with Crippen LogP contribution in [0, 0.1) is 15.9 Å². The maximum absolute atomic E-state index is 13.2. The number of nitro benzene ring substituents is 1. The number of benzene rings is 1. The molecule has 1 rings (SSSR count). The molecule has 1 aromatic rings. The molecule has 0 aliphatic rings. The number of amides is 1. The van der Waals surface area contributed by atoms with Crippen molar-refractivity contribution in [3.63, 3.8) is 0 Å². The Labute approximate surface area is 118 Å². The van der Waals surface area contributed by atoms with E-state index >= 15 is 0 Å². The molecule has 1 unspecified atom stereocenters. The number of carboxylic acids is 1. The van der Waals surface area contributed by atoms with Crippen LogP contribution in [0.2, 0.25) is 0 Å². The molecular formula is C12H13FN2O6. The Hall–Kier alpha value is -2.55. The molecule has 0 saturated heterocycles. The summed E-state index contributed by atoms with van der Waals surface area (Å²) in [4.78, 5) is 32.0. The van der Waals surface area contributed by atoms with Crippen LogP contribution in [0.3, 0.4) is 0 Å². The summed E-state index contributed by atoms with van der Waals surface area (Å²) in [6, 6.07) is 2.34. The summed E-state index contributed by atoms with van der Waals surface area (Å²) in [5, 5.41) is 31.0. The molecule has 3 N–H and O–H groups in total. The van der Waals surface area contributed by atoms with E-state index in [0.29, 0.717) is 6.07 Å². The quantitative estimate of drug-likeness (QED) is 0.523. The van der Waals surface area contributed by atoms with Crippen molar-refractivity contribution in [1.29, 1.82) is 0 Å². The lowest BCUT2D eigenvalue weighted by molar-refractivity contribution is -0.385. The van der Waals surface area contributed by atoms with Crippen molar-refractivity contribution in [2.75, 3.05) is 6.54 Å². The van der Waals surface area contributed by atoms with Crippen molar-refractivity contribution < 1.29 is 29.1 Å². The topological polar surface area (TPSA) is 130 Å². The Kier molecular flexibility index (Phi) is 4.93. The average Bonchev–Trinajstić information content (AvgIpc) is 2.33. The number of nitrogens with one attached hydrogen (secondary N) is 1. The highest BCUT2D eigenvalue weighted by Crippen LogP contribution is 2.16. The van der Waals surface area contributed by atoms with Gasteiger partial charge in [0.2, 0.25) is 0 Å². The van der Waals surface area contributed by atoms with Crippen molar-refractivity contribution in [3.8, 4) is 0 Å². The molecule has 0 fully saturated rings. The minimum Gasteiger partial charge on any atom is -0.481 e. The van der Waals surface area contributed by atoms with Gasteiger partial charge in [-0.25, -0.2) is 4.39 Å². The van der Waals surface area contributed by atoms with Gasteiger partial charge < -0.3 is 15.5 Å². The van der Waals surface area contributed by atoms with Gasteiger partial charge in [0, 0.05) is 18.2 Å². The van der Waals surface area contributed by atoms with Crippen LogP contribution in [-0.2, 0) is 4.79 Å². The fourth-order valence-corrected chi connectivity index (χ4v) is 1.57. The highest BCUT2D eigenvalue weighted by Gasteiger charge is 2.25. The lowest BCUT2D eigenvalue weighted by Crippen LogP contribution is -2.42. The van der Waals surface area contributed by atoms with E-state index in [0.717, 1.165) is 12.1 Å². The van der Waals surface area contributed by atoms with Gasteiger partial charge in [-0.15, -0.1) is 0 Å². The minimum atomic E-state index is -1.69. The third-order valence-corrected chi connectivity index (χ3v) is 2.52. The normalized spacial score (nSPS) is 13.3. The lowest BCUT2D eigenvalue weighted by atomic mass is 10.0. The fraction of sp³-hybridized carbons (Fsp3) is 0.333. The molecule has 0 radical (unpaired) electrons.